The zero-order valence-electron chi connectivity index (χ0n) is 23.3. The lowest BCUT2D eigenvalue weighted by Gasteiger charge is -2.29. The van der Waals surface area contributed by atoms with E-state index in [-0.39, 0.29) is 17.3 Å². The SMILES string of the molecule is Cc1ccc(NC(=O)c2ccc(N3CC[C@H](N(C)C)C3)c(C(F)(F)F)c2)cc1N1CN=C(NC2CC2)c2sccc21. The number of carbonyl (C=O) groups is 1. The molecule has 1 saturated carbocycles. The largest absolute Gasteiger partial charge is 0.418 e. The highest BCUT2D eigenvalue weighted by Gasteiger charge is 2.37. The lowest BCUT2D eigenvalue weighted by atomic mass is 10.1. The normalized spacial score (nSPS) is 18.9. The molecule has 1 aromatic heterocycles. The summed E-state index contributed by atoms with van der Waals surface area (Å²) in [6.45, 7) is 3.47. The molecule has 0 bridgehead atoms. The van der Waals surface area contributed by atoms with Gasteiger partial charge < -0.3 is 25.3 Å². The highest BCUT2D eigenvalue weighted by molar-refractivity contribution is 7.12. The number of hydrogen-bond acceptors (Lipinski definition) is 7. The van der Waals surface area contributed by atoms with E-state index in [1.807, 2.05) is 43.4 Å². The van der Waals surface area contributed by atoms with E-state index in [2.05, 4.69) is 21.6 Å². The Labute approximate surface area is 241 Å². The van der Waals surface area contributed by atoms with Crippen molar-refractivity contribution in [1.29, 1.82) is 0 Å². The van der Waals surface area contributed by atoms with Gasteiger partial charge in [-0.15, -0.1) is 11.3 Å². The van der Waals surface area contributed by atoms with Crippen LogP contribution in [0.3, 0.4) is 0 Å². The van der Waals surface area contributed by atoms with Crippen molar-refractivity contribution >= 4 is 45.8 Å². The van der Waals surface area contributed by atoms with Gasteiger partial charge in [0.1, 0.15) is 12.5 Å². The number of amides is 1. The van der Waals surface area contributed by atoms with E-state index in [0.717, 1.165) is 53.0 Å². The second-order valence-corrected chi connectivity index (χ2v) is 12.1. The molecule has 2 aromatic carbocycles. The predicted molar refractivity (Wildman–Crippen MR) is 159 cm³/mol. The molecule has 1 saturated heterocycles. The van der Waals surface area contributed by atoms with Gasteiger partial charge in [0.2, 0.25) is 0 Å². The quantitative estimate of drug-likeness (QED) is 0.369. The first-order valence-electron chi connectivity index (χ1n) is 13.8. The maximum absolute atomic E-state index is 14.1. The number of thiophene rings is 1. The number of nitrogens with zero attached hydrogens (tertiary/aromatic N) is 4. The number of fused-ring (bicyclic) bond motifs is 1. The maximum atomic E-state index is 14.1. The Morgan fingerprint density at radius 2 is 1.85 bits per heavy atom. The van der Waals surface area contributed by atoms with E-state index in [9.17, 15) is 18.0 Å². The second kappa shape index (κ2) is 10.7. The van der Waals surface area contributed by atoms with Gasteiger partial charge >= 0.3 is 6.18 Å². The third-order valence-electron chi connectivity index (χ3n) is 8.00. The van der Waals surface area contributed by atoms with Crippen LogP contribution < -0.4 is 20.4 Å². The number of aliphatic imine (C=N–C) groups is 1. The molecule has 6 rings (SSSR count). The number of likely N-dealkylation sites (N-methyl/N-ethyl adjacent to an activating group) is 1. The first kappa shape index (κ1) is 27.6. The van der Waals surface area contributed by atoms with E-state index in [1.165, 1.54) is 12.1 Å². The van der Waals surface area contributed by atoms with Crippen molar-refractivity contribution in [2.45, 2.75) is 44.4 Å². The number of amidine groups is 1. The molecule has 1 atom stereocenters. The molecule has 11 heteroatoms. The fraction of sp³-hybridized carbons (Fsp3) is 0.400. The number of benzene rings is 2. The number of alkyl halides is 3. The van der Waals surface area contributed by atoms with E-state index in [0.29, 0.717) is 31.5 Å². The number of carbonyl (C=O) groups excluding carboxylic acids is 1. The standard InChI is InChI=1S/C30H33F3N6OS/c1-18-4-6-21(15-26(18)39-17-34-28(35-20-7-8-20)27-25(39)11-13-41-27)36-29(40)19-5-9-24(23(14-19)30(31,32)33)38-12-10-22(16-38)37(2)3/h4-6,9,11,13-15,20,22H,7-8,10,12,16-17H2,1-3H3,(H,34,35)(H,36,40)/t22-/m0/s1. The summed E-state index contributed by atoms with van der Waals surface area (Å²) < 4.78 is 42.4. The summed E-state index contributed by atoms with van der Waals surface area (Å²) in [6.07, 6.45) is -1.48. The summed E-state index contributed by atoms with van der Waals surface area (Å²) in [5.74, 6) is 0.333. The van der Waals surface area contributed by atoms with Crippen LogP contribution in [0.1, 0.15) is 45.6 Å². The Bertz CT molecular complexity index is 1500. The van der Waals surface area contributed by atoms with Gasteiger partial charge in [-0.05, 0) is 87.6 Å². The minimum atomic E-state index is -4.58. The van der Waals surface area contributed by atoms with Crippen LogP contribution in [0.4, 0.5) is 35.9 Å². The van der Waals surface area contributed by atoms with Crippen molar-refractivity contribution in [2.75, 3.05) is 49.0 Å². The summed E-state index contributed by atoms with van der Waals surface area (Å²) in [5.41, 5.74) is 2.72. The monoisotopic (exact) mass is 582 g/mol. The van der Waals surface area contributed by atoms with Crippen LogP contribution in [-0.4, -0.2) is 62.6 Å². The van der Waals surface area contributed by atoms with Gasteiger partial charge in [0, 0.05) is 47.8 Å². The van der Waals surface area contributed by atoms with Crippen molar-refractivity contribution in [3.8, 4) is 0 Å². The van der Waals surface area contributed by atoms with Crippen LogP contribution >= 0.6 is 11.3 Å². The molecule has 3 aromatic rings. The minimum Gasteiger partial charge on any atom is -0.369 e. The van der Waals surface area contributed by atoms with Crippen LogP contribution in [-0.2, 0) is 6.18 Å². The van der Waals surface area contributed by atoms with Crippen molar-refractivity contribution in [2.24, 2.45) is 4.99 Å². The maximum Gasteiger partial charge on any atom is 0.418 e. The lowest BCUT2D eigenvalue weighted by Crippen LogP contribution is -2.33. The minimum absolute atomic E-state index is 0.0370. The van der Waals surface area contributed by atoms with Crippen molar-refractivity contribution < 1.29 is 18.0 Å². The molecule has 2 aliphatic heterocycles. The summed E-state index contributed by atoms with van der Waals surface area (Å²) in [4.78, 5) is 25.0. The van der Waals surface area contributed by atoms with Crippen LogP contribution in [0.15, 0.2) is 52.8 Å². The van der Waals surface area contributed by atoms with Gasteiger partial charge in [0.05, 0.1) is 16.1 Å². The Balaban J connectivity index is 1.23. The van der Waals surface area contributed by atoms with E-state index >= 15 is 0 Å². The average Bonchev–Trinajstić information content (AvgIpc) is 3.38. The number of nitrogens with one attached hydrogen (secondary N) is 2. The molecule has 7 nitrogen and oxygen atoms in total. The number of halogens is 3. The fourth-order valence-corrected chi connectivity index (χ4v) is 6.33. The Hall–Kier alpha value is -3.57. The Morgan fingerprint density at radius 1 is 1.05 bits per heavy atom. The molecule has 0 radical (unpaired) electrons. The highest BCUT2D eigenvalue weighted by atomic mass is 32.1. The molecule has 0 spiro atoms. The van der Waals surface area contributed by atoms with Gasteiger partial charge in [-0.1, -0.05) is 6.07 Å². The average molecular weight is 583 g/mol. The first-order chi connectivity index (χ1) is 19.6. The van der Waals surface area contributed by atoms with Gasteiger partial charge in [0.25, 0.3) is 5.91 Å². The van der Waals surface area contributed by atoms with E-state index in [1.54, 1.807) is 22.3 Å². The molecular formula is C30H33F3N6OS. The number of anilines is 4. The molecule has 1 aliphatic carbocycles. The number of rotatable bonds is 6. The molecule has 41 heavy (non-hydrogen) atoms. The van der Waals surface area contributed by atoms with Crippen LogP contribution in [0.5, 0.6) is 0 Å². The molecule has 3 heterocycles. The summed E-state index contributed by atoms with van der Waals surface area (Å²) in [6, 6.07) is 12.1. The third-order valence-corrected chi connectivity index (χ3v) is 8.91. The Kier molecular flexibility index (Phi) is 7.19. The zero-order valence-corrected chi connectivity index (χ0v) is 24.1. The highest BCUT2D eigenvalue weighted by Crippen LogP contribution is 2.40. The summed E-state index contributed by atoms with van der Waals surface area (Å²) in [5, 5.41) is 8.37. The molecule has 1 amide bonds. The molecule has 2 N–H and O–H groups in total. The van der Waals surface area contributed by atoms with Gasteiger partial charge in [0.15, 0.2) is 0 Å². The second-order valence-electron chi connectivity index (χ2n) is 11.2. The summed E-state index contributed by atoms with van der Waals surface area (Å²) in [7, 11) is 3.87. The van der Waals surface area contributed by atoms with Crippen molar-refractivity contribution in [1.82, 2.24) is 10.2 Å². The predicted octanol–water partition coefficient (Wildman–Crippen LogP) is 6.08. The number of hydrogen-bond donors (Lipinski definition) is 2. The van der Waals surface area contributed by atoms with Gasteiger partial charge in [-0.3, -0.25) is 4.79 Å². The van der Waals surface area contributed by atoms with Crippen LogP contribution in [0, 0.1) is 6.92 Å². The first-order valence-corrected chi connectivity index (χ1v) is 14.7. The molecule has 3 aliphatic rings. The van der Waals surface area contributed by atoms with E-state index in [4.69, 9.17) is 4.99 Å². The van der Waals surface area contributed by atoms with Crippen LogP contribution in [0.2, 0.25) is 0 Å². The molecular weight excluding hydrogens is 549 g/mol. The molecule has 2 fully saturated rings. The summed E-state index contributed by atoms with van der Waals surface area (Å²) >= 11 is 1.63. The lowest BCUT2D eigenvalue weighted by molar-refractivity contribution is -0.137. The fourth-order valence-electron chi connectivity index (χ4n) is 5.46. The van der Waals surface area contributed by atoms with Crippen molar-refractivity contribution in [3.05, 3.63) is 69.4 Å². The van der Waals surface area contributed by atoms with Gasteiger partial charge in [-0.2, -0.15) is 13.2 Å². The number of aryl methyl sites for hydroxylation is 1. The zero-order chi connectivity index (χ0) is 28.9. The molecule has 216 valence electrons. The third kappa shape index (κ3) is 5.65. The Morgan fingerprint density at radius 3 is 2.56 bits per heavy atom. The van der Waals surface area contributed by atoms with Crippen LogP contribution in [0.25, 0.3) is 0 Å². The smallest absolute Gasteiger partial charge is 0.369 e. The topological polar surface area (TPSA) is 63.2 Å². The molecule has 0 unspecified atom stereocenters. The van der Waals surface area contributed by atoms with Gasteiger partial charge in [-0.25, -0.2) is 4.99 Å². The van der Waals surface area contributed by atoms with Crippen molar-refractivity contribution in [3.63, 3.8) is 0 Å². The van der Waals surface area contributed by atoms with E-state index < -0.39 is 17.6 Å².